The van der Waals surface area contributed by atoms with Crippen molar-refractivity contribution in [3.8, 4) is 5.75 Å². The van der Waals surface area contributed by atoms with E-state index in [-0.39, 0.29) is 11.4 Å². The van der Waals surface area contributed by atoms with Crippen LogP contribution in [0.15, 0.2) is 47.4 Å². The molecule has 2 aromatic rings. The van der Waals surface area contributed by atoms with Crippen molar-refractivity contribution in [2.24, 2.45) is 0 Å². The number of amides is 1. The third-order valence-electron chi connectivity index (χ3n) is 3.33. The fraction of sp³-hybridized carbons (Fsp3) is 0.235. The van der Waals surface area contributed by atoms with E-state index in [0.29, 0.717) is 27.9 Å². The molecule has 0 saturated heterocycles. The van der Waals surface area contributed by atoms with Gasteiger partial charge in [-0.05, 0) is 49.7 Å². The molecule has 1 atom stereocenters. The van der Waals surface area contributed by atoms with Gasteiger partial charge in [0.15, 0.2) is 11.9 Å². The predicted octanol–water partition coefficient (Wildman–Crippen LogP) is 4.62. The number of ether oxygens (including phenoxy) is 1. The predicted molar refractivity (Wildman–Crippen MR) is 94.9 cm³/mol. The first kappa shape index (κ1) is 19.6. The van der Waals surface area contributed by atoms with Gasteiger partial charge in [0.25, 0.3) is 11.7 Å². The minimum absolute atomic E-state index is 0.00747. The monoisotopic (exact) mass is 382 g/mol. The topological polar surface area (TPSA) is 81.5 Å². The lowest BCUT2D eigenvalue weighted by Gasteiger charge is -2.15. The van der Waals surface area contributed by atoms with E-state index in [9.17, 15) is 23.7 Å². The van der Waals surface area contributed by atoms with Gasteiger partial charge in [-0.15, -0.1) is 0 Å². The molecule has 1 amide bonds. The summed E-state index contributed by atoms with van der Waals surface area (Å²) in [6, 6.07) is 10.3. The maximum atomic E-state index is 12.3. The van der Waals surface area contributed by atoms with E-state index in [0.717, 1.165) is 0 Å². The number of rotatable bonds is 7. The number of nitro benzene ring substituents is 1. The van der Waals surface area contributed by atoms with E-state index in [4.69, 9.17) is 4.74 Å². The van der Waals surface area contributed by atoms with Crippen LogP contribution in [0.1, 0.15) is 12.5 Å². The molecule has 0 aliphatic carbocycles. The van der Waals surface area contributed by atoms with Crippen LogP contribution in [-0.4, -0.2) is 22.7 Å². The largest absolute Gasteiger partial charge is 0.474 e. The molecule has 0 saturated carbocycles. The summed E-state index contributed by atoms with van der Waals surface area (Å²) < 4.78 is 30.0. The van der Waals surface area contributed by atoms with Gasteiger partial charge in [0, 0.05) is 16.6 Å². The molecule has 0 spiro atoms. The van der Waals surface area contributed by atoms with Crippen LogP contribution < -0.4 is 10.1 Å². The molecule has 2 aromatic carbocycles. The number of nitro groups is 1. The van der Waals surface area contributed by atoms with Gasteiger partial charge in [-0.3, -0.25) is 14.9 Å². The number of thioether (sulfide) groups is 1. The van der Waals surface area contributed by atoms with E-state index in [1.807, 2.05) is 0 Å². The Hall–Kier alpha value is -2.68. The first-order valence-corrected chi connectivity index (χ1v) is 8.41. The third kappa shape index (κ3) is 5.41. The second-order valence-electron chi connectivity index (χ2n) is 5.38. The molecule has 0 fully saturated rings. The molecule has 0 aliphatic heterocycles. The molecule has 0 bridgehead atoms. The Morgan fingerprint density at radius 1 is 1.23 bits per heavy atom. The second kappa shape index (κ2) is 8.61. The van der Waals surface area contributed by atoms with Crippen molar-refractivity contribution in [1.29, 1.82) is 0 Å². The van der Waals surface area contributed by atoms with Crippen molar-refractivity contribution in [1.82, 2.24) is 0 Å². The first-order chi connectivity index (χ1) is 12.3. The minimum Gasteiger partial charge on any atom is -0.474 e. The van der Waals surface area contributed by atoms with Crippen LogP contribution in [0.5, 0.6) is 5.75 Å². The summed E-state index contributed by atoms with van der Waals surface area (Å²) in [5.41, 5.74) is 0.878. The zero-order chi connectivity index (χ0) is 19.3. The maximum Gasteiger partial charge on any atom is 0.311 e. The molecule has 0 radical (unpaired) electrons. The Kier molecular flexibility index (Phi) is 6.51. The Balaban J connectivity index is 2.03. The van der Waals surface area contributed by atoms with E-state index in [2.05, 4.69) is 5.32 Å². The molecular formula is C17H16F2N2O4S. The SMILES string of the molecule is Cc1ccc(O[C@@H](C)C(=O)Nc2ccc(SC(F)F)cc2)c([N+](=O)[O-])c1. The maximum absolute atomic E-state index is 12.3. The second-order valence-corrected chi connectivity index (χ2v) is 6.44. The van der Waals surface area contributed by atoms with Gasteiger partial charge in [-0.2, -0.15) is 8.78 Å². The number of benzene rings is 2. The van der Waals surface area contributed by atoms with E-state index >= 15 is 0 Å². The standard InChI is InChI=1S/C17H16F2N2O4S/c1-10-3-8-15(14(9-10)21(23)24)25-11(2)16(22)20-12-4-6-13(7-5-12)26-17(18)19/h3-9,11,17H,1-2H3,(H,20,22)/t11-/m0/s1. The molecule has 2 rings (SSSR count). The van der Waals surface area contributed by atoms with Crippen molar-refractivity contribution in [3.05, 3.63) is 58.1 Å². The van der Waals surface area contributed by atoms with Gasteiger partial charge in [-0.25, -0.2) is 0 Å². The number of alkyl halides is 2. The Labute approximate surface area is 152 Å². The van der Waals surface area contributed by atoms with Crippen LogP contribution in [0, 0.1) is 17.0 Å². The van der Waals surface area contributed by atoms with Gasteiger partial charge in [0.1, 0.15) is 0 Å². The number of halogens is 2. The van der Waals surface area contributed by atoms with E-state index in [1.165, 1.54) is 43.3 Å². The number of anilines is 1. The summed E-state index contributed by atoms with van der Waals surface area (Å²) >= 11 is 0.405. The number of carbonyl (C=O) groups excluding carboxylic acids is 1. The van der Waals surface area contributed by atoms with Crippen molar-refractivity contribution < 1.29 is 23.2 Å². The lowest BCUT2D eigenvalue weighted by Crippen LogP contribution is -2.30. The summed E-state index contributed by atoms with van der Waals surface area (Å²) in [6.07, 6.45) is -0.994. The first-order valence-electron chi connectivity index (χ1n) is 7.53. The highest BCUT2D eigenvalue weighted by atomic mass is 32.2. The Morgan fingerprint density at radius 3 is 2.46 bits per heavy atom. The molecule has 1 N–H and O–H groups in total. The zero-order valence-electron chi connectivity index (χ0n) is 13.9. The van der Waals surface area contributed by atoms with Gasteiger partial charge in [0.05, 0.1) is 4.92 Å². The number of carbonyl (C=O) groups is 1. The highest BCUT2D eigenvalue weighted by Crippen LogP contribution is 2.29. The quantitative estimate of drug-likeness (QED) is 0.429. The summed E-state index contributed by atoms with van der Waals surface area (Å²) in [4.78, 5) is 23.1. The van der Waals surface area contributed by atoms with Gasteiger partial charge in [-0.1, -0.05) is 17.8 Å². The van der Waals surface area contributed by atoms with Crippen molar-refractivity contribution in [3.63, 3.8) is 0 Å². The van der Waals surface area contributed by atoms with Crippen LogP contribution in [-0.2, 0) is 4.79 Å². The zero-order valence-corrected chi connectivity index (χ0v) is 14.8. The van der Waals surface area contributed by atoms with Gasteiger partial charge in [0.2, 0.25) is 0 Å². The molecule has 138 valence electrons. The molecular weight excluding hydrogens is 366 g/mol. The summed E-state index contributed by atoms with van der Waals surface area (Å²) in [5.74, 6) is -3.05. The number of aryl methyl sites for hydroxylation is 1. The average molecular weight is 382 g/mol. The van der Waals surface area contributed by atoms with Crippen molar-refractivity contribution in [2.45, 2.75) is 30.6 Å². The summed E-state index contributed by atoms with van der Waals surface area (Å²) in [6.45, 7) is 3.17. The molecule has 6 nitrogen and oxygen atoms in total. The van der Waals surface area contributed by atoms with Crippen molar-refractivity contribution in [2.75, 3.05) is 5.32 Å². The van der Waals surface area contributed by atoms with Gasteiger partial charge < -0.3 is 10.1 Å². The minimum atomic E-state index is -2.52. The number of hydrogen-bond donors (Lipinski definition) is 1. The highest BCUT2D eigenvalue weighted by Gasteiger charge is 2.21. The van der Waals surface area contributed by atoms with Crippen LogP contribution in [0.3, 0.4) is 0 Å². The van der Waals surface area contributed by atoms with Gasteiger partial charge >= 0.3 is 5.69 Å². The molecule has 0 aromatic heterocycles. The van der Waals surface area contributed by atoms with Crippen molar-refractivity contribution >= 4 is 29.0 Å². The lowest BCUT2D eigenvalue weighted by atomic mass is 10.2. The van der Waals surface area contributed by atoms with Crippen LogP contribution in [0.2, 0.25) is 0 Å². The highest BCUT2D eigenvalue weighted by molar-refractivity contribution is 7.99. The Bertz CT molecular complexity index is 800. The Morgan fingerprint density at radius 2 is 1.88 bits per heavy atom. The average Bonchev–Trinajstić information content (AvgIpc) is 2.57. The molecule has 0 unspecified atom stereocenters. The molecule has 26 heavy (non-hydrogen) atoms. The van der Waals surface area contributed by atoms with Crippen LogP contribution >= 0.6 is 11.8 Å². The molecule has 0 heterocycles. The normalized spacial score (nSPS) is 11.9. The fourth-order valence-electron chi connectivity index (χ4n) is 2.08. The van der Waals surface area contributed by atoms with E-state index < -0.39 is 22.7 Å². The number of nitrogens with one attached hydrogen (secondary N) is 1. The lowest BCUT2D eigenvalue weighted by molar-refractivity contribution is -0.386. The summed E-state index contributed by atoms with van der Waals surface area (Å²) in [7, 11) is 0. The van der Waals surface area contributed by atoms with Crippen LogP contribution in [0.25, 0.3) is 0 Å². The van der Waals surface area contributed by atoms with E-state index in [1.54, 1.807) is 13.0 Å². The molecule has 9 heteroatoms. The smallest absolute Gasteiger partial charge is 0.311 e. The fourth-order valence-corrected chi connectivity index (χ4v) is 2.58. The van der Waals surface area contributed by atoms with Crippen LogP contribution in [0.4, 0.5) is 20.2 Å². The molecule has 0 aliphatic rings. The number of hydrogen-bond acceptors (Lipinski definition) is 5. The summed E-state index contributed by atoms with van der Waals surface area (Å²) in [5, 5.41) is 13.7. The number of nitrogens with zero attached hydrogens (tertiary/aromatic N) is 1. The third-order valence-corrected chi connectivity index (χ3v) is 4.05.